The van der Waals surface area contributed by atoms with Gasteiger partial charge in [0.1, 0.15) is 5.75 Å². The highest BCUT2D eigenvalue weighted by atomic mass is 16.5. The molecule has 0 aliphatic rings. The molecule has 0 amide bonds. The van der Waals surface area contributed by atoms with E-state index in [4.69, 9.17) is 16.2 Å². The number of aryl methyl sites for hydroxylation is 1. The number of fused-ring (bicyclic) bond motifs is 1. The van der Waals surface area contributed by atoms with Crippen molar-refractivity contribution >= 4 is 22.1 Å². The van der Waals surface area contributed by atoms with Crippen LogP contribution >= 0.6 is 0 Å². The normalized spacial score (nSPS) is 10.9. The topological polar surface area (TPSA) is 61.3 Å². The van der Waals surface area contributed by atoms with Crippen molar-refractivity contribution in [1.82, 2.24) is 0 Å². The molecule has 0 radical (unpaired) electrons. The van der Waals surface area contributed by atoms with E-state index in [2.05, 4.69) is 12.1 Å². The fourth-order valence-corrected chi connectivity index (χ4v) is 3.21. The molecule has 0 aromatic heterocycles. The van der Waals surface area contributed by atoms with E-state index in [1.54, 1.807) is 7.11 Å². The van der Waals surface area contributed by atoms with Gasteiger partial charge in [-0.15, -0.1) is 0 Å². The van der Waals surface area contributed by atoms with Crippen LogP contribution in [0.15, 0.2) is 42.5 Å². The first-order chi connectivity index (χ1) is 10.5. The Kier molecular flexibility index (Phi) is 3.41. The second-order valence-electron chi connectivity index (χ2n) is 5.57. The Balaban J connectivity index is 2.45. The summed E-state index contributed by atoms with van der Waals surface area (Å²) in [5, 5.41) is 2.24. The SMILES string of the molecule is COc1c(C)cc(N)c(-c2c(N)ccc3ccccc23)c1C. The number of methoxy groups -OCH3 is 1. The van der Waals surface area contributed by atoms with Crippen LogP contribution in [0.25, 0.3) is 21.9 Å². The van der Waals surface area contributed by atoms with Gasteiger partial charge in [0, 0.05) is 28.1 Å². The summed E-state index contributed by atoms with van der Waals surface area (Å²) < 4.78 is 5.55. The molecule has 22 heavy (non-hydrogen) atoms. The van der Waals surface area contributed by atoms with Crippen LogP contribution in [0, 0.1) is 13.8 Å². The van der Waals surface area contributed by atoms with E-state index in [1.807, 2.05) is 44.2 Å². The standard InChI is InChI=1S/C19H20N2O/c1-11-10-16(21)17(12(2)19(11)22-3)18-14-7-5-4-6-13(14)8-9-15(18)20/h4-10H,20-21H2,1-3H3. The van der Waals surface area contributed by atoms with Crippen molar-refractivity contribution in [3.63, 3.8) is 0 Å². The highest BCUT2D eigenvalue weighted by Crippen LogP contribution is 2.43. The third kappa shape index (κ3) is 2.06. The summed E-state index contributed by atoms with van der Waals surface area (Å²) in [5.41, 5.74) is 18.0. The Labute approximate surface area is 130 Å². The van der Waals surface area contributed by atoms with Crippen molar-refractivity contribution in [2.24, 2.45) is 0 Å². The summed E-state index contributed by atoms with van der Waals surface area (Å²) in [5.74, 6) is 0.858. The highest BCUT2D eigenvalue weighted by Gasteiger charge is 2.17. The maximum absolute atomic E-state index is 6.33. The molecule has 0 fully saturated rings. The van der Waals surface area contributed by atoms with E-state index in [1.165, 1.54) is 0 Å². The van der Waals surface area contributed by atoms with Crippen LogP contribution in [0.5, 0.6) is 5.75 Å². The lowest BCUT2D eigenvalue weighted by Crippen LogP contribution is -2.01. The van der Waals surface area contributed by atoms with Crippen LogP contribution in [0.4, 0.5) is 11.4 Å². The van der Waals surface area contributed by atoms with E-state index >= 15 is 0 Å². The van der Waals surface area contributed by atoms with Crippen molar-refractivity contribution < 1.29 is 4.74 Å². The number of nitrogen functional groups attached to an aromatic ring is 2. The van der Waals surface area contributed by atoms with Gasteiger partial charge in [0.2, 0.25) is 0 Å². The molecule has 0 atom stereocenters. The van der Waals surface area contributed by atoms with Gasteiger partial charge in [0.05, 0.1) is 7.11 Å². The third-order valence-electron chi connectivity index (χ3n) is 4.15. The largest absolute Gasteiger partial charge is 0.496 e. The van der Waals surface area contributed by atoms with Gasteiger partial charge >= 0.3 is 0 Å². The average molecular weight is 292 g/mol. The van der Waals surface area contributed by atoms with E-state index < -0.39 is 0 Å². The minimum atomic E-state index is 0.721. The molecule has 0 aliphatic heterocycles. The zero-order chi connectivity index (χ0) is 15.9. The lowest BCUT2D eigenvalue weighted by molar-refractivity contribution is 0.409. The highest BCUT2D eigenvalue weighted by molar-refractivity contribution is 6.05. The monoisotopic (exact) mass is 292 g/mol. The average Bonchev–Trinajstić information content (AvgIpc) is 2.49. The summed E-state index contributed by atoms with van der Waals surface area (Å²) in [6.45, 7) is 4.02. The van der Waals surface area contributed by atoms with Crippen molar-refractivity contribution in [1.29, 1.82) is 0 Å². The van der Waals surface area contributed by atoms with Gasteiger partial charge in [0.15, 0.2) is 0 Å². The molecule has 0 unspecified atom stereocenters. The summed E-state index contributed by atoms with van der Waals surface area (Å²) in [4.78, 5) is 0. The molecule has 3 aromatic carbocycles. The van der Waals surface area contributed by atoms with Crippen molar-refractivity contribution in [3.8, 4) is 16.9 Å². The molecule has 0 spiro atoms. The molecule has 0 heterocycles. The molecular weight excluding hydrogens is 272 g/mol. The quantitative estimate of drug-likeness (QED) is 0.692. The van der Waals surface area contributed by atoms with Crippen LogP contribution in [-0.2, 0) is 0 Å². The summed E-state index contributed by atoms with van der Waals surface area (Å²) in [7, 11) is 1.68. The molecule has 0 saturated heterocycles. The van der Waals surface area contributed by atoms with Gasteiger partial charge in [-0.1, -0.05) is 30.3 Å². The van der Waals surface area contributed by atoms with Crippen LogP contribution in [0.3, 0.4) is 0 Å². The molecule has 0 saturated carbocycles. The number of anilines is 2. The van der Waals surface area contributed by atoms with Gasteiger partial charge in [-0.3, -0.25) is 0 Å². The van der Waals surface area contributed by atoms with Gasteiger partial charge in [-0.05, 0) is 42.3 Å². The Morgan fingerprint density at radius 1 is 0.864 bits per heavy atom. The van der Waals surface area contributed by atoms with Crippen molar-refractivity contribution in [2.45, 2.75) is 13.8 Å². The zero-order valence-corrected chi connectivity index (χ0v) is 13.1. The van der Waals surface area contributed by atoms with Crippen LogP contribution < -0.4 is 16.2 Å². The van der Waals surface area contributed by atoms with E-state index in [0.29, 0.717) is 0 Å². The minimum absolute atomic E-state index is 0.721. The Bertz CT molecular complexity index is 869. The van der Waals surface area contributed by atoms with Crippen molar-refractivity contribution in [3.05, 3.63) is 53.6 Å². The molecule has 4 N–H and O–H groups in total. The molecule has 0 aliphatic carbocycles. The van der Waals surface area contributed by atoms with Crippen LogP contribution in [-0.4, -0.2) is 7.11 Å². The van der Waals surface area contributed by atoms with Gasteiger partial charge < -0.3 is 16.2 Å². The maximum Gasteiger partial charge on any atom is 0.125 e. The number of benzene rings is 3. The number of hydrogen-bond donors (Lipinski definition) is 2. The lowest BCUT2D eigenvalue weighted by atomic mass is 9.90. The first kappa shape index (κ1) is 14.3. The predicted molar refractivity (Wildman–Crippen MR) is 94.2 cm³/mol. The minimum Gasteiger partial charge on any atom is -0.496 e. The lowest BCUT2D eigenvalue weighted by Gasteiger charge is -2.19. The second kappa shape index (κ2) is 5.26. The van der Waals surface area contributed by atoms with Crippen LogP contribution in [0.1, 0.15) is 11.1 Å². The third-order valence-corrected chi connectivity index (χ3v) is 4.15. The van der Waals surface area contributed by atoms with Gasteiger partial charge in [-0.25, -0.2) is 0 Å². The molecule has 112 valence electrons. The van der Waals surface area contributed by atoms with Crippen LogP contribution in [0.2, 0.25) is 0 Å². The van der Waals surface area contributed by atoms with Gasteiger partial charge in [0.25, 0.3) is 0 Å². The van der Waals surface area contributed by atoms with E-state index in [0.717, 1.165) is 50.2 Å². The molecule has 0 bridgehead atoms. The molecular formula is C19H20N2O. The zero-order valence-electron chi connectivity index (χ0n) is 13.1. The second-order valence-corrected chi connectivity index (χ2v) is 5.57. The number of hydrogen-bond acceptors (Lipinski definition) is 3. The fraction of sp³-hybridized carbons (Fsp3) is 0.158. The number of nitrogens with two attached hydrogens (primary N) is 2. The summed E-state index contributed by atoms with van der Waals surface area (Å²) in [6, 6.07) is 14.1. The smallest absolute Gasteiger partial charge is 0.125 e. The summed E-state index contributed by atoms with van der Waals surface area (Å²) in [6.07, 6.45) is 0. The first-order valence-corrected chi connectivity index (χ1v) is 7.26. The molecule has 3 heteroatoms. The van der Waals surface area contributed by atoms with Gasteiger partial charge in [-0.2, -0.15) is 0 Å². The Morgan fingerprint density at radius 2 is 1.59 bits per heavy atom. The Morgan fingerprint density at radius 3 is 2.32 bits per heavy atom. The Hall–Kier alpha value is -2.68. The van der Waals surface area contributed by atoms with Crippen molar-refractivity contribution in [2.75, 3.05) is 18.6 Å². The molecule has 3 rings (SSSR count). The number of rotatable bonds is 2. The summed E-state index contributed by atoms with van der Waals surface area (Å²) >= 11 is 0. The van der Waals surface area contributed by atoms with E-state index in [-0.39, 0.29) is 0 Å². The molecule has 3 aromatic rings. The first-order valence-electron chi connectivity index (χ1n) is 7.26. The molecule has 3 nitrogen and oxygen atoms in total. The number of ether oxygens (including phenoxy) is 1. The maximum atomic E-state index is 6.33. The fourth-order valence-electron chi connectivity index (χ4n) is 3.21. The predicted octanol–water partition coefficient (Wildman–Crippen LogP) is 4.30. The van der Waals surface area contributed by atoms with E-state index in [9.17, 15) is 0 Å².